The molecule has 0 saturated carbocycles. The Bertz CT molecular complexity index is 679. The van der Waals surface area contributed by atoms with Crippen LogP contribution in [0.2, 0.25) is 0 Å². The molecule has 1 amide bonds. The zero-order chi connectivity index (χ0) is 16.1. The number of hydrogen-bond donors (Lipinski definition) is 1. The van der Waals surface area contributed by atoms with Gasteiger partial charge in [0.1, 0.15) is 0 Å². The molecule has 0 fully saturated rings. The van der Waals surface area contributed by atoms with E-state index in [2.05, 4.69) is 0 Å². The van der Waals surface area contributed by atoms with Crippen LogP contribution in [0.25, 0.3) is 0 Å². The number of primary amides is 1. The summed E-state index contributed by atoms with van der Waals surface area (Å²) in [5.74, 6) is -0.798. The highest BCUT2D eigenvalue weighted by atomic mass is 16.5. The molecular weight excluding hydrogens is 280 g/mol. The van der Waals surface area contributed by atoms with Gasteiger partial charge >= 0.3 is 5.97 Å². The maximum atomic E-state index is 12.1. The summed E-state index contributed by atoms with van der Waals surface area (Å²) in [7, 11) is 0. The summed E-state index contributed by atoms with van der Waals surface area (Å²) in [6.45, 7) is 4.14. The van der Waals surface area contributed by atoms with Gasteiger partial charge in [-0.3, -0.25) is 4.79 Å². The van der Waals surface area contributed by atoms with Crippen molar-refractivity contribution in [2.45, 2.75) is 26.5 Å². The lowest BCUT2D eigenvalue weighted by Gasteiger charge is -2.10. The predicted molar refractivity (Wildman–Crippen MR) is 81.3 cm³/mol. The van der Waals surface area contributed by atoms with E-state index in [4.69, 9.17) is 10.5 Å². The number of esters is 1. The van der Waals surface area contributed by atoms with Crippen molar-refractivity contribution < 1.29 is 18.9 Å². The fourth-order valence-corrected chi connectivity index (χ4v) is 2.06. The smallest absolute Gasteiger partial charge is 0.338 e. The number of aromatic nitrogens is 1. The van der Waals surface area contributed by atoms with Gasteiger partial charge in [-0.05, 0) is 19.9 Å². The highest BCUT2D eigenvalue weighted by molar-refractivity contribution is 5.92. The lowest BCUT2D eigenvalue weighted by Crippen LogP contribution is -2.34. The maximum Gasteiger partial charge on any atom is 0.338 e. The Morgan fingerprint density at radius 2 is 1.77 bits per heavy atom. The molecule has 22 heavy (non-hydrogen) atoms. The maximum absolute atomic E-state index is 12.1. The van der Waals surface area contributed by atoms with E-state index in [-0.39, 0.29) is 12.1 Å². The highest BCUT2D eigenvalue weighted by Gasteiger charge is 2.16. The van der Waals surface area contributed by atoms with Crippen LogP contribution in [0, 0.1) is 0 Å². The quantitative estimate of drug-likeness (QED) is 0.674. The number of carbonyl (C=O) groups is 2. The Balaban J connectivity index is 2.22. The molecule has 2 N–H and O–H groups in total. The molecule has 1 aromatic heterocycles. The van der Waals surface area contributed by atoms with Crippen molar-refractivity contribution >= 4 is 11.9 Å². The molecule has 0 atom stereocenters. The van der Waals surface area contributed by atoms with Crippen LogP contribution in [0.3, 0.4) is 0 Å². The molecule has 1 aromatic carbocycles. The molecule has 114 valence electrons. The van der Waals surface area contributed by atoms with Gasteiger partial charge in [0.25, 0.3) is 0 Å². The molecule has 0 aliphatic rings. The first kappa shape index (κ1) is 15.7. The Hall–Kier alpha value is -2.69. The van der Waals surface area contributed by atoms with Crippen molar-refractivity contribution in [1.29, 1.82) is 0 Å². The van der Waals surface area contributed by atoms with Gasteiger partial charge in [-0.2, -0.15) is 0 Å². The van der Waals surface area contributed by atoms with Gasteiger partial charge in [0.05, 0.1) is 17.2 Å². The minimum Gasteiger partial charge on any atom is -0.459 e. The number of nitrogens with two attached hydrogens (primary N) is 1. The Labute approximate surface area is 129 Å². The molecule has 0 spiro atoms. The second kappa shape index (κ2) is 6.85. The number of rotatable bonds is 5. The molecule has 5 nitrogen and oxygen atoms in total. The molecule has 5 heteroatoms. The van der Waals surface area contributed by atoms with Gasteiger partial charge in [-0.25, -0.2) is 9.36 Å². The molecular formula is C17H19N2O3+. The van der Waals surface area contributed by atoms with Gasteiger partial charge in [0, 0.05) is 17.7 Å². The third kappa shape index (κ3) is 3.91. The monoisotopic (exact) mass is 299 g/mol. The van der Waals surface area contributed by atoms with E-state index in [1.54, 1.807) is 36.7 Å². The molecule has 0 unspecified atom stereocenters. The van der Waals surface area contributed by atoms with E-state index in [0.717, 1.165) is 5.56 Å². The van der Waals surface area contributed by atoms with E-state index in [1.165, 1.54) is 0 Å². The van der Waals surface area contributed by atoms with Gasteiger partial charge in [0.15, 0.2) is 18.9 Å². The lowest BCUT2D eigenvalue weighted by atomic mass is 10.1. The average Bonchev–Trinajstić information content (AvgIpc) is 2.47. The van der Waals surface area contributed by atoms with E-state index in [1.807, 2.05) is 30.5 Å². The lowest BCUT2D eigenvalue weighted by molar-refractivity contribution is -0.688. The SMILES string of the molecule is CC(C)OC(=O)c1ccccc1C[n+]1ccc(C(N)=O)cc1. The zero-order valence-electron chi connectivity index (χ0n) is 12.7. The Kier molecular flexibility index (Phi) is 4.88. The molecule has 2 aromatic rings. The molecule has 0 radical (unpaired) electrons. The van der Waals surface area contributed by atoms with E-state index < -0.39 is 5.91 Å². The van der Waals surface area contributed by atoms with Gasteiger partial charge < -0.3 is 10.5 Å². The number of hydrogen-bond acceptors (Lipinski definition) is 3. The number of nitrogens with zero attached hydrogens (tertiary/aromatic N) is 1. The summed E-state index contributed by atoms with van der Waals surface area (Å²) in [5.41, 5.74) is 7.06. The topological polar surface area (TPSA) is 73.3 Å². The van der Waals surface area contributed by atoms with Crippen molar-refractivity contribution in [3.05, 3.63) is 65.5 Å². The molecule has 0 saturated heterocycles. The van der Waals surface area contributed by atoms with Crippen LogP contribution in [0.4, 0.5) is 0 Å². The normalized spacial score (nSPS) is 10.5. The second-order valence-electron chi connectivity index (χ2n) is 5.23. The standard InChI is InChI=1S/C17H18N2O3/c1-12(2)22-17(21)15-6-4-3-5-14(15)11-19-9-7-13(8-10-19)16(18)20/h3-10,12H,11H2,1-2H3,(H-,18,20)/p+1. The van der Waals surface area contributed by atoms with Crippen LogP contribution in [0.15, 0.2) is 48.8 Å². The summed E-state index contributed by atoms with van der Waals surface area (Å²) in [6.07, 6.45) is 3.35. The van der Waals surface area contributed by atoms with Crippen LogP contribution in [-0.2, 0) is 11.3 Å². The second-order valence-corrected chi connectivity index (χ2v) is 5.23. The third-order valence-corrected chi connectivity index (χ3v) is 3.11. The number of benzene rings is 1. The van der Waals surface area contributed by atoms with Gasteiger partial charge in [-0.15, -0.1) is 0 Å². The average molecular weight is 299 g/mol. The molecule has 0 aliphatic heterocycles. The Morgan fingerprint density at radius 3 is 2.36 bits per heavy atom. The van der Waals surface area contributed by atoms with Crippen LogP contribution in [0.5, 0.6) is 0 Å². The van der Waals surface area contributed by atoms with E-state index >= 15 is 0 Å². The van der Waals surface area contributed by atoms with E-state index in [9.17, 15) is 9.59 Å². The summed E-state index contributed by atoms with van der Waals surface area (Å²) in [5, 5.41) is 0. The van der Waals surface area contributed by atoms with Crippen LogP contribution in [0.1, 0.15) is 40.1 Å². The summed E-state index contributed by atoms with van der Waals surface area (Å²) >= 11 is 0. The minimum atomic E-state index is -0.465. The largest absolute Gasteiger partial charge is 0.459 e. The molecule has 1 heterocycles. The number of pyridine rings is 1. The summed E-state index contributed by atoms with van der Waals surface area (Å²) < 4.78 is 7.12. The van der Waals surface area contributed by atoms with Crippen LogP contribution < -0.4 is 10.3 Å². The van der Waals surface area contributed by atoms with E-state index in [0.29, 0.717) is 17.7 Å². The van der Waals surface area contributed by atoms with Gasteiger partial charge in [0.2, 0.25) is 5.91 Å². The van der Waals surface area contributed by atoms with Gasteiger partial charge in [-0.1, -0.05) is 18.2 Å². The van der Waals surface area contributed by atoms with Crippen LogP contribution >= 0.6 is 0 Å². The fourth-order valence-electron chi connectivity index (χ4n) is 2.06. The Morgan fingerprint density at radius 1 is 1.14 bits per heavy atom. The zero-order valence-corrected chi connectivity index (χ0v) is 12.7. The third-order valence-electron chi connectivity index (χ3n) is 3.11. The summed E-state index contributed by atoms with van der Waals surface area (Å²) in [4.78, 5) is 23.2. The molecule has 0 bridgehead atoms. The van der Waals surface area contributed by atoms with Crippen molar-refractivity contribution in [2.24, 2.45) is 5.73 Å². The highest BCUT2D eigenvalue weighted by Crippen LogP contribution is 2.11. The first-order valence-electron chi connectivity index (χ1n) is 7.05. The number of ether oxygens (including phenoxy) is 1. The summed E-state index contributed by atoms with van der Waals surface area (Å²) in [6, 6.07) is 10.6. The number of amides is 1. The molecule has 2 rings (SSSR count). The minimum absolute atomic E-state index is 0.164. The fraction of sp³-hybridized carbons (Fsp3) is 0.235. The first-order valence-corrected chi connectivity index (χ1v) is 7.05. The number of carbonyl (C=O) groups excluding carboxylic acids is 2. The predicted octanol–water partition coefficient (Wildman–Crippen LogP) is 1.69. The van der Waals surface area contributed by atoms with Crippen molar-refractivity contribution in [3.63, 3.8) is 0 Å². The molecule has 0 aliphatic carbocycles. The first-order chi connectivity index (χ1) is 10.5. The van der Waals surface area contributed by atoms with Crippen molar-refractivity contribution in [3.8, 4) is 0 Å². The van der Waals surface area contributed by atoms with Crippen molar-refractivity contribution in [1.82, 2.24) is 0 Å². The van der Waals surface area contributed by atoms with Crippen molar-refractivity contribution in [2.75, 3.05) is 0 Å². The van der Waals surface area contributed by atoms with Crippen LogP contribution in [-0.4, -0.2) is 18.0 Å².